The number of rotatable bonds is 6. The summed E-state index contributed by atoms with van der Waals surface area (Å²) in [6, 6.07) is 8.74. The molecule has 0 atom stereocenters. The molecule has 12 heteroatoms. The Balaban J connectivity index is 1.66. The lowest BCUT2D eigenvalue weighted by atomic mass is 10.2. The molecular weight excluding hydrogens is 457 g/mol. The molecule has 0 unspecified atom stereocenters. The number of nitrogens with zero attached hydrogens (tertiary/aromatic N) is 2. The first kappa shape index (κ1) is 23.9. The van der Waals surface area contributed by atoms with Crippen LogP contribution < -0.4 is 4.72 Å². The number of carbonyl (C=O) groups is 1. The Morgan fingerprint density at radius 1 is 1.00 bits per heavy atom. The fourth-order valence-corrected chi connectivity index (χ4v) is 4.31. The molecule has 6 nitrogen and oxygen atoms in total. The maximum Gasteiger partial charge on any atom is 0.416 e. The van der Waals surface area contributed by atoms with Gasteiger partial charge in [0.05, 0.1) is 17.0 Å². The van der Waals surface area contributed by atoms with Crippen LogP contribution in [0.3, 0.4) is 0 Å². The molecule has 0 aliphatic carbocycles. The lowest BCUT2D eigenvalue weighted by molar-refractivity contribution is -0.137. The van der Waals surface area contributed by atoms with Crippen LogP contribution in [0.15, 0.2) is 53.4 Å². The lowest BCUT2D eigenvalue weighted by Gasteiger charge is -2.34. The topological polar surface area (TPSA) is 69.7 Å². The number of nitrogens with one attached hydrogen (secondary N) is 1. The number of hydrogen-bond donors (Lipinski definition) is 1. The Labute approximate surface area is 181 Å². The van der Waals surface area contributed by atoms with Gasteiger partial charge in [-0.1, -0.05) is 6.07 Å². The third kappa shape index (κ3) is 5.94. The second-order valence-corrected chi connectivity index (χ2v) is 8.87. The Bertz CT molecular complexity index is 1050. The molecule has 1 aliphatic heterocycles. The van der Waals surface area contributed by atoms with Gasteiger partial charge in [-0.15, -0.1) is 0 Å². The second kappa shape index (κ2) is 9.41. The summed E-state index contributed by atoms with van der Waals surface area (Å²) in [7, 11) is -4.18. The number of hydrogen-bond acceptors (Lipinski definition) is 4. The molecule has 32 heavy (non-hydrogen) atoms. The summed E-state index contributed by atoms with van der Waals surface area (Å²) in [6.07, 6.45) is -7.06. The fraction of sp³-hybridized carbons (Fsp3) is 0.350. The van der Waals surface area contributed by atoms with Gasteiger partial charge in [0.15, 0.2) is 0 Å². The quantitative estimate of drug-likeness (QED) is 0.647. The Kier molecular flexibility index (Phi) is 7.03. The molecule has 0 aromatic heterocycles. The van der Waals surface area contributed by atoms with Crippen LogP contribution in [-0.2, 0) is 16.2 Å². The normalized spacial score (nSPS) is 15.8. The summed E-state index contributed by atoms with van der Waals surface area (Å²) in [5.74, 6) is -0.364. The van der Waals surface area contributed by atoms with E-state index in [9.17, 15) is 35.2 Å². The summed E-state index contributed by atoms with van der Waals surface area (Å²) in [5, 5.41) is 0. The zero-order chi connectivity index (χ0) is 23.5. The maximum absolute atomic E-state index is 12.8. The van der Waals surface area contributed by atoms with E-state index in [-0.39, 0.29) is 41.7 Å². The van der Waals surface area contributed by atoms with Crippen molar-refractivity contribution < 1.29 is 35.2 Å². The summed E-state index contributed by atoms with van der Waals surface area (Å²) in [4.78, 5) is 15.4. The molecule has 174 valence electrons. The smallest absolute Gasteiger partial charge is 0.336 e. The van der Waals surface area contributed by atoms with Crippen molar-refractivity contribution in [1.29, 1.82) is 0 Å². The Morgan fingerprint density at radius 3 is 2.19 bits per heavy atom. The molecule has 0 spiro atoms. The standard InChI is InChI=1S/C20H20F5N3O3S/c21-18(22)13-27-8-10-28(11-9-27)19(29)14-4-6-17(7-5-14)32(30,31)26-16-3-1-2-15(12-16)20(23,24)25/h1-7,12,18,26H,8-11,13H2. The number of halogens is 5. The van der Waals surface area contributed by atoms with Gasteiger partial charge in [-0.05, 0) is 42.5 Å². The number of amides is 1. The van der Waals surface area contributed by atoms with Crippen molar-refractivity contribution in [3.8, 4) is 0 Å². The third-order valence-electron chi connectivity index (χ3n) is 4.91. The zero-order valence-electron chi connectivity index (χ0n) is 16.6. The SMILES string of the molecule is O=C(c1ccc(S(=O)(=O)Nc2cccc(C(F)(F)F)c2)cc1)N1CCN(CC(F)F)CC1. The highest BCUT2D eigenvalue weighted by atomic mass is 32.2. The van der Waals surface area contributed by atoms with E-state index >= 15 is 0 Å². The van der Waals surface area contributed by atoms with Crippen molar-refractivity contribution in [2.45, 2.75) is 17.5 Å². The van der Waals surface area contributed by atoms with Crippen LogP contribution in [0.2, 0.25) is 0 Å². The number of carbonyl (C=O) groups excluding carboxylic acids is 1. The minimum atomic E-state index is -4.62. The van der Waals surface area contributed by atoms with Crippen molar-refractivity contribution in [3.63, 3.8) is 0 Å². The van der Waals surface area contributed by atoms with Crippen LogP contribution in [0.1, 0.15) is 15.9 Å². The average molecular weight is 477 g/mol. The van der Waals surface area contributed by atoms with Crippen LogP contribution in [0.25, 0.3) is 0 Å². The molecule has 1 amide bonds. The van der Waals surface area contributed by atoms with Gasteiger partial charge in [-0.3, -0.25) is 14.4 Å². The van der Waals surface area contributed by atoms with E-state index in [4.69, 9.17) is 0 Å². The predicted octanol–water partition coefficient (Wildman–Crippen LogP) is 3.53. The molecule has 0 saturated carbocycles. The maximum atomic E-state index is 12.8. The van der Waals surface area contributed by atoms with Gasteiger partial charge in [0, 0.05) is 37.4 Å². The van der Waals surface area contributed by atoms with Crippen molar-refractivity contribution in [2.24, 2.45) is 0 Å². The summed E-state index contributed by atoms with van der Waals surface area (Å²) >= 11 is 0. The average Bonchev–Trinajstić information content (AvgIpc) is 2.73. The van der Waals surface area contributed by atoms with Crippen LogP contribution in [0.5, 0.6) is 0 Å². The molecule has 1 saturated heterocycles. The van der Waals surface area contributed by atoms with Gasteiger partial charge in [-0.2, -0.15) is 13.2 Å². The second-order valence-electron chi connectivity index (χ2n) is 7.19. The molecule has 1 aliphatic rings. The minimum absolute atomic E-state index is 0.213. The molecule has 1 heterocycles. The summed E-state index contributed by atoms with van der Waals surface area (Å²) in [5.41, 5.74) is -1.03. The largest absolute Gasteiger partial charge is 0.416 e. The molecule has 1 fully saturated rings. The molecule has 0 radical (unpaired) electrons. The van der Waals surface area contributed by atoms with E-state index < -0.39 is 28.2 Å². The van der Waals surface area contributed by atoms with Gasteiger partial charge in [0.1, 0.15) is 0 Å². The Hall–Kier alpha value is -2.73. The highest BCUT2D eigenvalue weighted by Crippen LogP contribution is 2.31. The third-order valence-corrected chi connectivity index (χ3v) is 6.31. The zero-order valence-corrected chi connectivity index (χ0v) is 17.5. The summed E-state index contributed by atoms with van der Waals surface area (Å²) < 4.78 is 90.5. The fourth-order valence-electron chi connectivity index (χ4n) is 3.26. The van der Waals surface area contributed by atoms with Gasteiger partial charge in [-0.25, -0.2) is 17.2 Å². The van der Waals surface area contributed by atoms with Crippen molar-refractivity contribution in [3.05, 3.63) is 59.7 Å². The number of sulfonamides is 1. The van der Waals surface area contributed by atoms with Crippen molar-refractivity contribution >= 4 is 21.6 Å². The van der Waals surface area contributed by atoms with E-state index in [0.717, 1.165) is 12.1 Å². The van der Waals surface area contributed by atoms with E-state index in [0.29, 0.717) is 19.2 Å². The van der Waals surface area contributed by atoms with Crippen molar-refractivity contribution in [1.82, 2.24) is 9.80 Å². The van der Waals surface area contributed by atoms with Gasteiger partial charge >= 0.3 is 6.18 Å². The number of piperazine rings is 1. The lowest BCUT2D eigenvalue weighted by Crippen LogP contribution is -2.49. The van der Waals surface area contributed by atoms with Crippen molar-refractivity contribution in [2.75, 3.05) is 37.4 Å². The number of anilines is 1. The number of alkyl halides is 5. The van der Waals surface area contributed by atoms with E-state index in [1.54, 1.807) is 4.90 Å². The molecule has 2 aromatic rings. The Morgan fingerprint density at radius 2 is 1.62 bits per heavy atom. The molecular formula is C20H20F5N3O3S. The first-order chi connectivity index (χ1) is 15.0. The van der Waals surface area contributed by atoms with Crippen LogP contribution in [0, 0.1) is 0 Å². The highest BCUT2D eigenvalue weighted by molar-refractivity contribution is 7.92. The number of benzene rings is 2. The minimum Gasteiger partial charge on any atom is -0.336 e. The molecule has 1 N–H and O–H groups in total. The van der Waals surface area contributed by atoms with Gasteiger partial charge < -0.3 is 4.90 Å². The monoisotopic (exact) mass is 477 g/mol. The van der Waals surface area contributed by atoms with E-state index in [1.807, 2.05) is 0 Å². The van der Waals surface area contributed by atoms with Crippen LogP contribution >= 0.6 is 0 Å². The molecule has 3 rings (SSSR count). The van der Waals surface area contributed by atoms with Crippen LogP contribution in [0.4, 0.5) is 27.6 Å². The predicted molar refractivity (Wildman–Crippen MR) is 107 cm³/mol. The summed E-state index contributed by atoms with van der Waals surface area (Å²) in [6.45, 7) is 0.797. The van der Waals surface area contributed by atoms with E-state index in [2.05, 4.69) is 4.72 Å². The van der Waals surface area contributed by atoms with E-state index in [1.165, 1.54) is 35.2 Å². The molecule has 2 aromatic carbocycles. The van der Waals surface area contributed by atoms with Gasteiger partial charge in [0.2, 0.25) is 0 Å². The first-order valence-corrected chi connectivity index (χ1v) is 11.0. The molecule has 0 bridgehead atoms. The highest BCUT2D eigenvalue weighted by Gasteiger charge is 2.31. The van der Waals surface area contributed by atoms with Crippen LogP contribution in [-0.4, -0.2) is 63.3 Å². The first-order valence-electron chi connectivity index (χ1n) is 9.55. The van der Waals surface area contributed by atoms with Gasteiger partial charge in [0.25, 0.3) is 22.4 Å².